The number of aromatic nitrogens is 3. The SMILES string of the molecule is COC(=O)Cc1nc(N2CC(CSC(C)=O)CC2=O)n[nH]1. The number of amides is 1. The summed E-state index contributed by atoms with van der Waals surface area (Å²) in [5, 5.41) is 6.61. The molecule has 1 atom stereocenters. The number of thioether (sulfide) groups is 1. The molecular weight excluding hydrogens is 296 g/mol. The van der Waals surface area contributed by atoms with Gasteiger partial charge in [0.15, 0.2) is 5.12 Å². The van der Waals surface area contributed by atoms with Gasteiger partial charge in [-0.15, -0.1) is 5.10 Å². The fourth-order valence-corrected chi connectivity index (χ4v) is 2.71. The molecule has 1 saturated heterocycles. The van der Waals surface area contributed by atoms with Gasteiger partial charge in [0.05, 0.1) is 7.11 Å². The zero-order chi connectivity index (χ0) is 15.4. The summed E-state index contributed by atoms with van der Waals surface area (Å²) in [5.41, 5.74) is 0. The fraction of sp³-hybridized carbons (Fsp3) is 0.583. The van der Waals surface area contributed by atoms with Gasteiger partial charge in [-0.25, -0.2) is 0 Å². The van der Waals surface area contributed by atoms with E-state index in [1.165, 1.54) is 30.7 Å². The van der Waals surface area contributed by atoms with Gasteiger partial charge in [0.2, 0.25) is 5.91 Å². The van der Waals surface area contributed by atoms with Gasteiger partial charge >= 0.3 is 5.97 Å². The monoisotopic (exact) mass is 312 g/mol. The van der Waals surface area contributed by atoms with Crippen LogP contribution in [-0.2, 0) is 25.5 Å². The minimum Gasteiger partial charge on any atom is -0.469 e. The Morgan fingerprint density at radius 3 is 2.95 bits per heavy atom. The summed E-state index contributed by atoms with van der Waals surface area (Å²) in [6.07, 6.45) is 0.357. The second-order valence-electron chi connectivity index (χ2n) is 4.71. The smallest absolute Gasteiger partial charge is 0.313 e. The number of ether oxygens (including phenoxy) is 1. The zero-order valence-electron chi connectivity index (χ0n) is 11.8. The maximum Gasteiger partial charge on any atom is 0.313 e. The van der Waals surface area contributed by atoms with Crippen molar-refractivity contribution in [1.82, 2.24) is 15.2 Å². The van der Waals surface area contributed by atoms with Crippen LogP contribution in [0.2, 0.25) is 0 Å². The Balaban J connectivity index is 1.97. The number of carbonyl (C=O) groups excluding carboxylic acids is 3. The molecule has 1 aliphatic rings. The third kappa shape index (κ3) is 4.03. The Kier molecular flexibility index (Phi) is 4.94. The van der Waals surface area contributed by atoms with Crippen molar-refractivity contribution < 1.29 is 19.1 Å². The highest BCUT2D eigenvalue weighted by Gasteiger charge is 2.33. The lowest BCUT2D eigenvalue weighted by atomic mass is 10.1. The number of nitrogens with zero attached hydrogens (tertiary/aromatic N) is 3. The molecule has 1 unspecified atom stereocenters. The number of methoxy groups -OCH3 is 1. The van der Waals surface area contributed by atoms with Crippen molar-refractivity contribution in [2.24, 2.45) is 5.92 Å². The van der Waals surface area contributed by atoms with Crippen LogP contribution < -0.4 is 4.90 Å². The van der Waals surface area contributed by atoms with E-state index in [0.717, 1.165) is 0 Å². The van der Waals surface area contributed by atoms with E-state index in [4.69, 9.17) is 0 Å². The van der Waals surface area contributed by atoms with E-state index in [1.807, 2.05) is 0 Å². The van der Waals surface area contributed by atoms with Gasteiger partial charge in [-0.05, 0) is 5.92 Å². The van der Waals surface area contributed by atoms with E-state index in [2.05, 4.69) is 19.9 Å². The molecule has 0 radical (unpaired) electrons. The summed E-state index contributed by atoms with van der Waals surface area (Å²) in [4.78, 5) is 39.7. The first-order valence-electron chi connectivity index (χ1n) is 6.41. The predicted molar refractivity (Wildman–Crippen MR) is 75.7 cm³/mol. The molecule has 1 N–H and O–H groups in total. The van der Waals surface area contributed by atoms with Crippen LogP contribution in [-0.4, -0.2) is 51.6 Å². The first-order valence-corrected chi connectivity index (χ1v) is 7.40. The van der Waals surface area contributed by atoms with Crippen molar-refractivity contribution in [3.05, 3.63) is 5.82 Å². The Morgan fingerprint density at radius 2 is 2.29 bits per heavy atom. The molecule has 21 heavy (non-hydrogen) atoms. The van der Waals surface area contributed by atoms with Crippen molar-refractivity contribution in [1.29, 1.82) is 0 Å². The molecule has 0 bridgehead atoms. The molecule has 1 aromatic rings. The minimum atomic E-state index is -0.429. The van der Waals surface area contributed by atoms with E-state index >= 15 is 0 Å². The summed E-state index contributed by atoms with van der Waals surface area (Å²) >= 11 is 1.22. The van der Waals surface area contributed by atoms with Crippen LogP contribution in [0, 0.1) is 5.92 Å². The number of carbonyl (C=O) groups is 3. The number of esters is 1. The van der Waals surface area contributed by atoms with E-state index in [9.17, 15) is 14.4 Å². The van der Waals surface area contributed by atoms with Crippen molar-refractivity contribution in [3.63, 3.8) is 0 Å². The van der Waals surface area contributed by atoms with Crippen LogP contribution in [0.15, 0.2) is 0 Å². The van der Waals surface area contributed by atoms with Gasteiger partial charge in [-0.1, -0.05) is 11.8 Å². The van der Waals surface area contributed by atoms with Gasteiger partial charge in [0.25, 0.3) is 5.95 Å². The molecule has 1 amide bonds. The van der Waals surface area contributed by atoms with Gasteiger partial charge < -0.3 is 4.74 Å². The molecule has 0 spiro atoms. The summed E-state index contributed by atoms with van der Waals surface area (Å²) < 4.78 is 4.54. The average molecular weight is 312 g/mol. The average Bonchev–Trinajstić information content (AvgIpc) is 3.02. The predicted octanol–water partition coefficient (Wildman–Crippen LogP) is 0.153. The number of hydrogen-bond donors (Lipinski definition) is 1. The molecule has 2 rings (SSSR count). The summed E-state index contributed by atoms with van der Waals surface area (Å²) in [5.74, 6) is 0.820. The molecule has 0 aliphatic carbocycles. The second-order valence-corrected chi connectivity index (χ2v) is 5.91. The van der Waals surface area contributed by atoms with Crippen molar-refractivity contribution >= 4 is 34.7 Å². The largest absolute Gasteiger partial charge is 0.469 e. The summed E-state index contributed by atoms with van der Waals surface area (Å²) in [6, 6.07) is 0. The maximum absolute atomic E-state index is 12.0. The quantitative estimate of drug-likeness (QED) is 0.772. The van der Waals surface area contributed by atoms with Crippen LogP contribution in [0.1, 0.15) is 19.2 Å². The Labute approximate surface area is 125 Å². The molecule has 2 heterocycles. The lowest BCUT2D eigenvalue weighted by molar-refractivity contribution is -0.139. The van der Waals surface area contributed by atoms with Crippen LogP contribution in [0.4, 0.5) is 5.95 Å². The Hall–Kier alpha value is -1.90. The van der Waals surface area contributed by atoms with Gasteiger partial charge in [-0.3, -0.25) is 24.4 Å². The third-order valence-corrected chi connectivity index (χ3v) is 4.07. The molecule has 0 aromatic carbocycles. The third-order valence-electron chi connectivity index (χ3n) is 3.03. The lowest BCUT2D eigenvalue weighted by Gasteiger charge is -2.11. The fourth-order valence-electron chi connectivity index (χ4n) is 2.02. The Bertz CT molecular complexity index is 559. The van der Waals surface area contributed by atoms with E-state index in [0.29, 0.717) is 24.5 Å². The van der Waals surface area contributed by atoms with Gasteiger partial charge in [-0.2, -0.15) is 4.98 Å². The number of aromatic amines is 1. The standard InChI is InChI=1S/C12H16N4O4S/c1-7(17)21-6-8-3-10(18)16(5-8)12-13-9(14-15-12)4-11(19)20-2/h8H,3-6H2,1-2H3,(H,13,14,15). The molecule has 114 valence electrons. The first-order chi connectivity index (χ1) is 9.99. The molecule has 8 nitrogen and oxygen atoms in total. The highest BCUT2D eigenvalue weighted by atomic mass is 32.2. The highest BCUT2D eigenvalue weighted by Crippen LogP contribution is 2.25. The van der Waals surface area contributed by atoms with Crippen molar-refractivity contribution in [3.8, 4) is 0 Å². The van der Waals surface area contributed by atoms with E-state index in [1.54, 1.807) is 0 Å². The Morgan fingerprint density at radius 1 is 1.52 bits per heavy atom. The first kappa shape index (κ1) is 15.5. The number of anilines is 1. The topological polar surface area (TPSA) is 105 Å². The van der Waals surface area contributed by atoms with E-state index in [-0.39, 0.29) is 29.3 Å². The maximum atomic E-state index is 12.0. The van der Waals surface area contributed by atoms with Crippen molar-refractivity contribution in [2.75, 3.05) is 24.3 Å². The van der Waals surface area contributed by atoms with Gasteiger partial charge in [0, 0.05) is 25.6 Å². The molecule has 0 saturated carbocycles. The summed E-state index contributed by atoms with van der Waals surface area (Å²) in [6.45, 7) is 1.99. The number of H-pyrrole nitrogens is 1. The number of rotatable bonds is 5. The normalized spacial score (nSPS) is 18.1. The lowest BCUT2D eigenvalue weighted by Crippen LogP contribution is -2.26. The zero-order valence-corrected chi connectivity index (χ0v) is 12.6. The van der Waals surface area contributed by atoms with Crippen molar-refractivity contribution in [2.45, 2.75) is 19.8 Å². The molecular formula is C12H16N4O4S. The van der Waals surface area contributed by atoms with Crippen LogP contribution in [0.25, 0.3) is 0 Å². The molecule has 1 aliphatic heterocycles. The number of hydrogen-bond acceptors (Lipinski definition) is 7. The van der Waals surface area contributed by atoms with Crippen LogP contribution >= 0.6 is 11.8 Å². The minimum absolute atomic E-state index is 0.0187. The highest BCUT2D eigenvalue weighted by molar-refractivity contribution is 8.13. The number of nitrogens with one attached hydrogen (secondary N) is 1. The van der Waals surface area contributed by atoms with Gasteiger partial charge in [0.1, 0.15) is 12.2 Å². The summed E-state index contributed by atoms with van der Waals surface area (Å²) in [7, 11) is 1.29. The molecule has 9 heteroatoms. The molecule has 1 aromatic heterocycles. The van der Waals surface area contributed by atoms with Crippen LogP contribution in [0.5, 0.6) is 0 Å². The van der Waals surface area contributed by atoms with E-state index < -0.39 is 5.97 Å². The van der Waals surface area contributed by atoms with Crippen LogP contribution in [0.3, 0.4) is 0 Å². The molecule has 1 fully saturated rings. The second kappa shape index (κ2) is 6.70.